The van der Waals surface area contributed by atoms with Gasteiger partial charge in [0.15, 0.2) is 0 Å². The predicted octanol–water partition coefficient (Wildman–Crippen LogP) is 2.42. The smallest absolute Gasteiger partial charge is 0.227 e. The van der Waals surface area contributed by atoms with Gasteiger partial charge in [-0.25, -0.2) is 0 Å². The molecule has 5 nitrogen and oxygen atoms in total. The third-order valence-corrected chi connectivity index (χ3v) is 3.96. The molecule has 2 rings (SSSR count). The van der Waals surface area contributed by atoms with E-state index in [-0.39, 0.29) is 25.0 Å². The Hall–Kier alpha value is -2.14. The predicted molar refractivity (Wildman–Crippen MR) is 83.3 cm³/mol. The van der Waals surface area contributed by atoms with Gasteiger partial charge in [0.05, 0.1) is 18.2 Å². The van der Waals surface area contributed by atoms with Gasteiger partial charge in [-0.05, 0) is 25.8 Å². The molecule has 5 heteroatoms. The van der Waals surface area contributed by atoms with Crippen LogP contribution >= 0.6 is 0 Å². The quantitative estimate of drug-likeness (QED) is 0.890. The molecule has 1 aromatic heterocycles. The highest BCUT2D eigenvalue weighted by Crippen LogP contribution is 2.24. The molecule has 0 aliphatic carbocycles. The van der Waals surface area contributed by atoms with Gasteiger partial charge < -0.3 is 14.5 Å². The summed E-state index contributed by atoms with van der Waals surface area (Å²) in [5.41, 5.74) is 2.61. The number of likely N-dealkylation sites (N-methyl/N-ethyl adjacent to an activating group) is 1. The summed E-state index contributed by atoms with van der Waals surface area (Å²) in [6.45, 7) is 3.68. The van der Waals surface area contributed by atoms with Crippen molar-refractivity contribution < 1.29 is 14.4 Å². The van der Waals surface area contributed by atoms with Crippen LogP contribution in [0.3, 0.4) is 0 Å². The molecule has 1 heterocycles. The highest BCUT2D eigenvalue weighted by molar-refractivity contribution is 5.79. The summed E-state index contributed by atoms with van der Waals surface area (Å²) < 4.78 is 5.11. The lowest BCUT2D eigenvalue weighted by molar-refractivity contribution is -0.131. The Kier molecular flexibility index (Phi) is 5.33. The number of aryl methyl sites for hydroxylation is 2. The fourth-order valence-corrected chi connectivity index (χ4v) is 2.59. The average molecular weight is 302 g/mol. The van der Waals surface area contributed by atoms with Crippen molar-refractivity contribution in [1.82, 2.24) is 10.1 Å². The first-order chi connectivity index (χ1) is 10.5. The first-order valence-electron chi connectivity index (χ1n) is 7.37. The lowest BCUT2D eigenvalue weighted by atomic mass is 10.0. The summed E-state index contributed by atoms with van der Waals surface area (Å²) in [5.74, 6) is 0.661. The largest absolute Gasteiger partial charge is 0.396 e. The zero-order valence-electron chi connectivity index (χ0n) is 13.2. The minimum atomic E-state index is -0.140. The number of aliphatic hydroxyl groups excluding tert-OH is 1. The molecule has 22 heavy (non-hydrogen) atoms. The second-order valence-electron chi connectivity index (χ2n) is 5.42. The van der Waals surface area contributed by atoms with Crippen LogP contribution in [-0.4, -0.2) is 34.7 Å². The zero-order valence-corrected chi connectivity index (χ0v) is 13.2. The Morgan fingerprint density at radius 3 is 2.55 bits per heavy atom. The van der Waals surface area contributed by atoms with E-state index in [1.54, 1.807) is 11.9 Å². The number of carbonyl (C=O) groups excluding carboxylic acids is 1. The maximum Gasteiger partial charge on any atom is 0.227 e. The van der Waals surface area contributed by atoms with Crippen LogP contribution in [0.4, 0.5) is 0 Å². The number of aliphatic hydroxyl groups is 1. The fourth-order valence-electron chi connectivity index (χ4n) is 2.59. The molecule has 1 aromatic carbocycles. The Balaban J connectivity index is 2.16. The third-order valence-electron chi connectivity index (χ3n) is 3.96. The highest BCUT2D eigenvalue weighted by Gasteiger charge is 2.23. The summed E-state index contributed by atoms with van der Waals surface area (Å²) >= 11 is 0. The van der Waals surface area contributed by atoms with Crippen molar-refractivity contribution in [3.63, 3.8) is 0 Å². The molecule has 0 saturated heterocycles. The van der Waals surface area contributed by atoms with Crippen molar-refractivity contribution in [1.29, 1.82) is 0 Å². The summed E-state index contributed by atoms with van der Waals surface area (Å²) in [6, 6.07) is 9.61. The van der Waals surface area contributed by atoms with E-state index in [9.17, 15) is 9.90 Å². The molecular weight excluding hydrogens is 280 g/mol. The van der Waals surface area contributed by atoms with Gasteiger partial charge in [0.2, 0.25) is 5.91 Å². The average Bonchev–Trinajstić information content (AvgIpc) is 2.84. The summed E-state index contributed by atoms with van der Waals surface area (Å²) in [6.07, 6.45) is 0.764. The molecule has 1 unspecified atom stereocenters. The minimum absolute atomic E-state index is 0.0169. The van der Waals surface area contributed by atoms with Crippen LogP contribution in [-0.2, 0) is 11.2 Å². The van der Waals surface area contributed by atoms with Crippen molar-refractivity contribution in [3.8, 4) is 0 Å². The van der Waals surface area contributed by atoms with E-state index in [1.165, 1.54) is 0 Å². The van der Waals surface area contributed by atoms with E-state index in [4.69, 9.17) is 4.52 Å². The monoisotopic (exact) mass is 302 g/mol. The van der Waals surface area contributed by atoms with Gasteiger partial charge >= 0.3 is 0 Å². The van der Waals surface area contributed by atoms with E-state index >= 15 is 0 Å². The number of carbonyl (C=O) groups is 1. The molecule has 1 N–H and O–H groups in total. The van der Waals surface area contributed by atoms with Crippen LogP contribution in [0.5, 0.6) is 0 Å². The van der Waals surface area contributed by atoms with Crippen molar-refractivity contribution in [2.24, 2.45) is 0 Å². The van der Waals surface area contributed by atoms with Gasteiger partial charge in [-0.2, -0.15) is 0 Å². The molecule has 2 aromatic rings. The molecule has 0 saturated carbocycles. The molecule has 0 aliphatic rings. The molecular formula is C17H22N2O3. The van der Waals surface area contributed by atoms with E-state index < -0.39 is 0 Å². The summed E-state index contributed by atoms with van der Waals surface area (Å²) in [5, 5.41) is 13.2. The second-order valence-corrected chi connectivity index (χ2v) is 5.42. The lowest BCUT2D eigenvalue weighted by Gasteiger charge is -2.28. The Morgan fingerprint density at radius 1 is 1.32 bits per heavy atom. The summed E-state index contributed by atoms with van der Waals surface area (Å²) in [7, 11) is 1.77. The number of hydrogen-bond donors (Lipinski definition) is 1. The van der Waals surface area contributed by atoms with E-state index in [1.807, 2.05) is 44.2 Å². The number of rotatable bonds is 6. The van der Waals surface area contributed by atoms with Gasteiger partial charge in [-0.15, -0.1) is 0 Å². The number of nitrogens with zero attached hydrogens (tertiary/aromatic N) is 2. The SMILES string of the molecule is Cc1noc(C)c1CC(=O)N(C)C(CCO)c1ccccc1. The molecule has 118 valence electrons. The van der Waals surface area contributed by atoms with Crippen LogP contribution in [0, 0.1) is 13.8 Å². The van der Waals surface area contributed by atoms with Crippen LogP contribution in [0.2, 0.25) is 0 Å². The standard InChI is InChI=1S/C17H22N2O3/c1-12-15(13(2)22-18-12)11-17(21)19(3)16(9-10-20)14-7-5-4-6-8-14/h4-8,16,20H,9-11H2,1-3H3. The van der Waals surface area contributed by atoms with Crippen LogP contribution < -0.4 is 0 Å². The van der Waals surface area contributed by atoms with Crippen LogP contribution in [0.25, 0.3) is 0 Å². The van der Waals surface area contributed by atoms with Gasteiger partial charge in [-0.1, -0.05) is 35.5 Å². The second kappa shape index (κ2) is 7.22. The topological polar surface area (TPSA) is 66.6 Å². The number of amides is 1. The van der Waals surface area contributed by atoms with Gasteiger partial charge in [0.1, 0.15) is 5.76 Å². The third kappa shape index (κ3) is 3.54. The maximum absolute atomic E-state index is 12.6. The fraction of sp³-hybridized carbons (Fsp3) is 0.412. The van der Waals surface area contributed by atoms with E-state index in [0.717, 1.165) is 16.8 Å². The Labute approximate surface area is 130 Å². The normalized spacial score (nSPS) is 12.2. The summed E-state index contributed by atoms with van der Waals surface area (Å²) in [4.78, 5) is 14.3. The van der Waals surface area contributed by atoms with Crippen molar-refractivity contribution in [2.75, 3.05) is 13.7 Å². The number of aromatic nitrogens is 1. The maximum atomic E-state index is 12.6. The first kappa shape index (κ1) is 16.2. The molecule has 0 aliphatic heterocycles. The van der Waals surface area contributed by atoms with Gasteiger partial charge in [0, 0.05) is 19.2 Å². The van der Waals surface area contributed by atoms with Crippen molar-refractivity contribution in [2.45, 2.75) is 32.7 Å². The highest BCUT2D eigenvalue weighted by atomic mass is 16.5. The lowest BCUT2D eigenvalue weighted by Crippen LogP contribution is -2.33. The first-order valence-corrected chi connectivity index (χ1v) is 7.37. The number of benzene rings is 1. The van der Waals surface area contributed by atoms with E-state index in [2.05, 4.69) is 5.16 Å². The minimum Gasteiger partial charge on any atom is -0.396 e. The molecule has 0 fully saturated rings. The Bertz CT molecular complexity index is 603. The van der Waals surface area contributed by atoms with Gasteiger partial charge in [0.25, 0.3) is 0 Å². The molecule has 0 spiro atoms. The van der Waals surface area contributed by atoms with Crippen molar-refractivity contribution >= 4 is 5.91 Å². The number of hydrogen-bond acceptors (Lipinski definition) is 4. The van der Waals surface area contributed by atoms with Gasteiger partial charge in [-0.3, -0.25) is 4.79 Å². The molecule has 1 atom stereocenters. The molecule has 0 radical (unpaired) electrons. The zero-order chi connectivity index (χ0) is 16.1. The molecule has 0 bridgehead atoms. The van der Waals surface area contributed by atoms with Crippen LogP contribution in [0.1, 0.15) is 35.0 Å². The van der Waals surface area contributed by atoms with E-state index in [0.29, 0.717) is 12.2 Å². The molecule has 1 amide bonds. The van der Waals surface area contributed by atoms with Crippen LogP contribution in [0.15, 0.2) is 34.9 Å². The van der Waals surface area contributed by atoms with Crippen molar-refractivity contribution in [3.05, 3.63) is 52.9 Å². The Morgan fingerprint density at radius 2 is 2.00 bits per heavy atom.